The van der Waals surface area contributed by atoms with E-state index in [-0.39, 0.29) is 5.25 Å². The van der Waals surface area contributed by atoms with Gasteiger partial charge in [-0.3, -0.25) is 0 Å². The van der Waals surface area contributed by atoms with E-state index >= 15 is 0 Å². The van der Waals surface area contributed by atoms with Crippen LogP contribution in [0.25, 0.3) is 0 Å². The zero-order chi connectivity index (χ0) is 16.5. The van der Waals surface area contributed by atoms with E-state index in [9.17, 15) is 5.11 Å². The number of hydrogen-bond acceptors (Lipinski definition) is 3. The second kappa shape index (κ2) is 7.21. The Morgan fingerprint density at radius 2 is 2.14 bits per heavy atom. The largest absolute Gasteiger partial charge is 0.389 e. The average Bonchev–Trinajstić information content (AvgIpc) is 2.43. The molecule has 122 valence electrons. The molecule has 1 nitrogen and oxygen atoms in total. The highest BCUT2D eigenvalue weighted by Crippen LogP contribution is 2.51. The first-order valence-electron chi connectivity index (χ1n) is 7.86. The van der Waals surface area contributed by atoms with Gasteiger partial charge >= 0.3 is 0 Å². The maximum absolute atomic E-state index is 10.8. The summed E-state index contributed by atoms with van der Waals surface area (Å²) in [6, 6.07) is 6.54. The maximum atomic E-state index is 10.8. The van der Waals surface area contributed by atoms with E-state index in [1.165, 1.54) is 22.0 Å². The van der Waals surface area contributed by atoms with Crippen LogP contribution in [0.3, 0.4) is 0 Å². The molecule has 0 spiro atoms. The van der Waals surface area contributed by atoms with Crippen LogP contribution in [-0.4, -0.2) is 16.0 Å². The molecule has 1 aliphatic carbocycles. The van der Waals surface area contributed by atoms with E-state index in [0.29, 0.717) is 5.92 Å². The Labute approximate surface area is 144 Å². The minimum Gasteiger partial charge on any atom is -0.389 e. The van der Waals surface area contributed by atoms with Crippen LogP contribution in [0.15, 0.2) is 30.4 Å². The summed E-state index contributed by atoms with van der Waals surface area (Å²) >= 11 is 7.72. The highest BCUT2D eigenvalue weighted by molar-refractivity contribution is 8.66. The molecule has 0 aromatic heterocycles. The van der Waals surface area contributed by atoms with Crippen molar-refractivity contribution in [2.24, 2.45) is 5.92 Å². The van der Waals surface area contributed by atoms with Crippen molar-refractivity contribution in [3.63, 3.8) is 0 Å². The van der Waals surface area contributed by atoms with E-state index in [1.54, 1.807) is 0 Å². The lowest BCUT2D eigenvalue weighted by Gasteiger charge is -2.41. The number of rotatable bonds is 4. The molecule has 4 heteroatoms. The molecule has 0 bridgehead atoms. The molecule has 22 heavy (non-hydrogen) atoms. The third-order valence-electron chi connectivity index (χ3n) is 4.75. The molecule has 0 amide bonds. The van der Waals surface area contributed by atoms with Crippen LogP contribution >= 0.6 is 17.3 Å². The van der Waals surface area contributed by atoms with Crippen LogP contribution in [0.4, 0.5) is 0 Å². The van der Waals surface area contributed by atoms with Gasteiger partial charge in [0.2, 0.25) is 0 Å². The Kier molecular flexibility index (Phi) is 5.99. The summed E-state index contributed by atoms with van der Waals surface area (Å²) in [5, 5.41) is 12.3. The first-order chi connectivity index (χ1) is 10.2. The van der Waals surface area contributed by atoms with Gasteiger partial charge in [-0.15, -0.1) is 11.4 Å². The molecule has 1 N–H and O–H groups in total. The summed E-state index contributed by atoms with van der Waals surface area (Å²) in [5.74, 6) is -0.598. The standard InChI is InChI=1S/C18H27OPS2/c1-12(2)15-8-9-18(5,19)17(11-15)22-20(21)16-10-13(3)6-7-14(16)4/h6-7,10,15,17,19-20H,1,8-9,11H2,2-5H3/t15-,17+,18+/m0/s1. The van der Waals surface area contributed by atoms with Crippen molar-refractivity contribution in [2.75, 3.05) is 0 Å². The molecule has 2 rings (SSSR count). The highest BCUT2D eigenvalue weighted by atomic mass is 32.9. The Hall–Kier alpha value is -0.0800. The fourth-order valence-corrected chi connectivity index (χ4v) is 9.44. The number of aliphatic hydroxyl groups is 1. The summed E-state index contributed by atoms with van der Waals surface area (Å²) in [5.41, 5.74) is 3.19. The van der Waals surface area contributed by atoms with Crippen molar-refractivity contribution < 1.29 is 5.11 Å². The molecular formula is C18H27OPS2. The fourth-order valence-electron chi connectivity index (χ4n) is 3.03. The van der Waals surface area contributed by atoms with Crippen LogP contribution < -0.4 is 5.30 Å². The van der Waals surface area contributed by atoms with Gasteiger partial charge in [-0.05, 0) is 63.7 Å². The van der Waals surface area contributed by atoms with Crippen molar-refractivity contribution >= 4 is 34.4 Å². The van der Waals surface area contributed by atoms with E-state index < -0.39 is 11.5 Å². The molecule has 0 heterocycles. The average molecular weight is 355 g/mol. The molecule has 1 unspecified atom stereocenters. The van der Waals surface area contributed by atoms with Crippen molar-refractivity contribution in [1.29, 1.82) is 0 Å². The lowest BCUT2D eigenvalue weighted by atomic mass is 9.77. The monoisotopic (exact) mass is 354 g/mol. The number of allylic oxidation sites excluding steroid dienone is 1. The first kappa shape index (κ1) is 18.3. The van der Waals surface area contributed by atoms with E-state index in [1.807, 2.05) is 18.3 Å². The van der Waals surface area contributed by atoms with Crippen LogP contribution in [0, 0.1) is 19.8 Å². The predicted molar refractivity (Wildman–Crippen MR) is 105 cm³/mol. The van der Waals surface area contributed by atoms with Crippen LogP contribution in [-0.2, 0) is 11.8 Å². The second-order valence-corrected chi connectivity index (χ2v) is 12.7. The van der Waals surface area contributed by atoms with Gasteiger partial charge in [-0.25, -0.2) is 0 Å². The van der Waals surface area contributed by atoms with E-state index in [4.69, 9.17) is 11.8 Å². The molecule has 1 saturated carbocycles. The summed E-state index contributed by atoms with van der Waals surface area (Å²) in [7, 11) is 0. The quantitative estimate of drug-likeness (QED) is 0.622. The lowest BCUT2D eigenvalue weighted by molar-refractivity contribution is 0.0198. The number of benzene rings is 1. The molecule has 4 atom stereocenters. The van der Waals surface area contributed by atoms with Gasteiger partial charge in [0.05, 0.1) is 5.60 Å². The van der Waals surface area contributed by atoms with Crippen molar-refractivity contribution in [3.8, 4) is 0 Å². The van der Waals surface area contributed by atoms with Crippen molar-refractivity contribution in [3.05, 3.63) is 41.5 Å². The lowest BCUT2D eigenvalue weighted by Crippen LogP contribution is -2.42. The molecule has 0 saturated heterocycles. The minimum absolute atomic E-state index is 0.217. The molecular weight excluding hydrogens is 327 g/mol. The van der Waals surface area contributed by atoms with Gasteiger partial charge in [-0.2, -0.15) is 0 Å². The molecule has 1 aromatic rings. The van der Waals surface area contributed by atoms with E-state index in [2.05, 4.69) is 45.5 Å². The zero-order valence-electron chi connectivity index (χ0n) is 14.0. The fraction of sp³-hybridized carbons (Fsp3) is 0.556. The molecule has 1 fully saturated rings. The summed E-state index contributed by atoms with van der Waals surface area (Å²) in [4.78, 5) is 0. The third-order valence-corrected chi connectivity index (χ3v) is 10.6. The third kappa shape index (κ3) is 4.26. The molecule has 0 aliphatic heterocycles. The van der Waals surface area contributed by atoms with Gasteiger partial charge in [0.25, 0.3) is 0 Å². The SMILES string of the molecule is C=C(C)[C@H]1CC[C@@](C)(O)[C@H](S[PH](=S)c2cc(C)ccc2C)C1. The Balaban J connectivity index is 2.17. The summed E-state index contributed by atoms with van der Waals surface area (Å²) in [6.07, 6.45) is 2.89. The Morgan fingerprint density at radius 1 is 1.45 bits per heavy atom. The number of hydrogen-bond donors (Lipinski definition) is 1. The van der Waals surface area contributed by atoms with E-state index in [0.717, 1.165) is 19.3 Å². The topological polar surface area (TPSA) is 20.2 Å². The van der Waals surface area contributed by atoms with Gasteiger partial charge in [0, 0.05) is 11.1 Å². The van der Waals surface area contributed by atoms with Crippen LogP contribution in [0.1, 0.15) is 44.2 Å². The van der Waals surface area contributed by atoms with Gasteiger partial charge in [0.15, 0.2) is 0 Å². The minimum atomic E-state index is -1.13. The predicted octanol–water partition coefficient (Wildman–Crippen LogP) is 4.75. The Morgan fingerprint density at radius 3 is 2.77 bits per heavy atom. The second-order valence-electron chi connectivity index (χ2n) is 6.89. The number of aryl methyl sites for hydroxylation is 2. The zero-order valence-corrected chi connectivity index (χ0v) is 16.6. The van der Waals surface area contributed by atoms with Crippen molar-refractivity contribution in [1.82, 2.24) is 0 Å². The smallest absolute Gasteiger partial charge is 0.0741 e. The highest BCUT2D eigenvalue weighted by Gasteiger charge is 2.39. The molecule has 0 radical (unpaired) electrons. The van der Waals surface area contributed by atoms with Crippen LogP contribution in [0.2, 0.25) is 0 Å². The molecule has 1 aliphatic rings. The normalized spacial score (nSPS) is 30.0. The van der Waals surface area contributed by atoms with Gasteiger partial charge in [0.1, 0.15) is 0 Å². The summed E-state index contributed by atoms with van der Waals surface area (Å²) < 4.78 is 0. The van der Waals surface area contributed by atoms with Gasteiger partial charge < -0.3 is 5.11 Å². The van der Waals surface area contributed by atoms with Crippen LogP contribution in [0.5, 0.6) is 0 Å². The van der Waals surface area contributed by atoms with Crippen molar-refractivity contribution in [2.45, 2.75) is 57.8 Å². The first-order valence-corrected chi connectivity index (χ1v) is 12.1. The maximum Gasteiger partial charge on any atom is 0.0741 e. The Bertz CT molecular complexity index is 595. The van der Waals surface area contributed by atoms with Gasteiger partial charge in [-0.1, -0.05) is 47.7 Å². The molecule has 1 aromatic carbocycles. The summed E-state index contributed by atoms with van der Waals surface area (Å²) in [6.45, 7) is 12.5.